The summed E-state index contributed by atoms with van der Waals surface area (Å²) in [5.41, 5.74) is 2.26. The number of carbonyl (C=O) groups excluding carboxylic acids is 2. The molecule has 3 atom stereocenters. The van der Waals surface area contributed by atoms with Gasteiger partial charge in [-0.05, 0) is 39.2 Å². The largest absolute Gasteiger partial charge is 0.393 e. The number of nitrogens with two attached hydrogens (primary N) is 1. The van der Waals surface area contributed by atoms with Crippen molar-refractivity contribution < 1.29 is 36.9 Å². The van der Waals surface area contributed by atoms with Crippen LogP contribution in [0.25, 0.3) is 5.65 Å². The van der Waals surface area contributed by atoms with Crippen molar-refractivity contribution in [3.8, 4) is 0 Å². The van der Waals surface area contributed by atoms with E-state index in [0.29, 0.717) is 42.4 Å². The van der Waals surface area contributed by atoms with Gasteiger partial charge in [0.1, 0.15) is 0 Å². The number of rotatable bonds is 10. The third-order valence-corrected chi connectivity index (χ3v) is 9.52. The molecule has 0 radical (unpaired) electrons. The van der Waals surface area contributed by atoms with E-state index in [4.69, 9.17) is 15.5 Å². The van der Waals surface area contributed by atoms with Crippen molar-refractivity contribution >= 4 is 29.4 Å². The Bertz CT molecular complexity index is 1480. The molecule has 0 bridgehead atoms. The number of fused-ring (bicyclic) bond motifs is 1. The molecule has 5 rings (SSSR count). The van der Waals surface area contributed by atoms with Crippen molar-refractivity contribution in [2.24, 2.45) is 17.8 Å². The van der Waals surface area contributed by atoms with Gasteiger partial charge in [0.25, 0.3) is 0 Å². The monoisotopic (exact) mass is 668 g/mol. The first-order valence-corrected chi connectivity index (χ1v) is 16.2. The van der Waals surface area contributed by atoms with Crippen LogP contribution in [0.2, 0.25) is 0 Å². The Labute approximate surface area is 269 Å². The first-order valence-electron chi connectivity index (χ1n) is 16.2. The van der Waals surface area contributed by atoms with Crippen LogP contribution in [0.1, 0.15) is 56.5 Å². The summed E-state index contributed by atoms with van der Waals surface area (Å²) in [5, 5.41) is 19.3. The van der Waals surface area contributed by atoms with Crippen LogP contribution in [-0.4, -0.2) is 95.9 Å². The smallest absolute Gasteiger partial charge is 0.367 e. The van der Waals surface area contributed by atoms with Gasteiger partial charge in [0, 0.05) is 76.3 Å². The molecule has 2 aliphatic heterocycles. The minimum atomic E-state index is -4.44. The molecule has 2 aromatic rings. The molecule has 0 unspecified atom stereocenters. The van der Waals surface area contributed by atoms with E-state index in [9.17, 15) is 31.5 Å². The number of halogens is 5. The molecule has 1 saturated carbocycles. The molecule has 47 heavy (non-hydrogen) atoms. The third-order valence-electron chi connectivity index (χ3n) is 9.52. The van der Waals surface area contributed by atoms with E-state index < -0.39 is 48.3 Å². The van der Waals surface area contributed by atoms with Crippen LogP contribution in [0, 0.1) is 23.2 Å². The fourth-order valence-corrected chi connectivity index (χ4v) is 6.75. The number of allylic oxidation sites excluding steroid dienone is 1. The van der Waals surface area contributed by atoms with Gasteiger partial charge in [-0.3, -0.25) is 9.59 Å². The molecular weight excluding hydrogens is 625 g/mol. The predicted octanol–water partition coefficient (Wildman–Crippen LogP) is 2.44. The van der Waals surface area contributed by atoms with Crippen LogP contribution >= 0.6 is 0 Å². The van der Waals surface area contributed by atoms with Crippen LogP contribution in [0.5, 0.6) is 0 Å². The Balaban J connectivity index is 1.52. The van der Waals surface area contributed by atoms with Gasteiger partial charge in [-0.15, -0.1) is 0 Å². The number of alkyl halides is 5. The fraction of sp³-hybridized carbons (Fsp3) is 0.645. The summed E-state index contributed by atoms with van der Waals surface area (Å²) in [4.78, 5) is 35.2. The van der Waals surface area contributed by atoms with Gasteiger partial charge in [0.2, 0.25) is 11.8 Å². The number of amides is 2. The first kappa shape index (κ1) is 34.7. The van der Waals surface area contributed by atoms with Gasteiger partial charge < -0.3 is 31.2 Å². The minimum absolute atomic E-state index is 0.00789. The Kier molecular flexibility index (Phi) is 10.5. The standard InChI is InChI=1S/C31H42F5N9O2/c1-3-38-22(6-9-37)29(47)41-27(19-4-7-30(32,33)8-5-19)24-18-45-26(40-24)16-25(44-12-10-43(2)11-13-44)23(42-45)15-20-14-21(31(34,35)36)17-39-28(20)46/h6,9,16,18-21,27,37-38H,3-5,7-8,10-15,17H2,1-2H3,(H,39,46)(H,41,47)/p+1/b22-6-,37-9?/t20-,21-,27+/m1/s1. The Morgan fingerprint density at radius 3 is 2.57 bits per heavy atom. The van der Waals surface area contributed by atoms with Crippen LogP contribution in [-0.2, 0) is 16.0 Å². The normalized spacial score (nSPS) is 23.9. The lowest BCUT2D eigenvalue weighted by Gasteiger charge is -2.35. The zero-order chi connectivity index (χ0) is 33.9. The fourth-order valence-electron chi connectivity index (χ4n) is 6.75. The zero-order valence-corrected chi connectivity index (χ0v) is 26.6. The summed E-state index contributed by atoms with van der Waals surface area (Å²) in [5.74, 6) is -6.60. The number of piperidine rings is 1. The number of hydrogen-bond donors (Lipinski definition) is 4. The topological polar surface area (TPSA) is 135 Å². The van der Waals surface area contributed by atoms with Crippen molar-refractivity contribution in [3.63, 3.8) is 0 Å². The van der Waals surface area contributed by atoms with Crippen molar-refractivity contribution in [2.75, 3.05) is 51.2 Å². The summed E-state index contributed by atoms with van der Waals surface area (Å²) in [6.07, 6.45) is -1.10. The highest BCUT2D eigenvalue weighted by molar-refractivity contribution is 5.94. The minimum Gasteiger partial charge on any atom is -0.367 e. The van der Waals surface area contributed by atoms with E-state index in [1.165, 1.54) is 10.6 Å². The highest BCUT2D eigenvalue weighted by Crippen LogP contribution is 2.42. The second-order valence-electron chi connectivity index (χ2n) is 12.9. The third kappa shape index (κ3) is 8.26. The number of nitrogens with one attached hydrogen (secondary N) is 3. The molecular formula is C31H43F5N9O2+. The molecule has 11 nitrogen and oxygen atoms in total. The molecule has 2 aromatic heterocycles. The zero-order valence-electron chi connectivity index (χ0n) is 26.6. The Morgan fingerprint density at radius 2 is 1.94 bits per heavy atom. The SMILES string of the molecule is CC[NH2+]/C(=C\C=N)C(=O)N[C@H](c1cn2nc(C[C@H]3C[C@@H](C(F)(F)F)CNC3=O)c(N3CCN(C)CC3)cc2n1)C1CCC(F)(F)CC1. The van der Waals surface area contributed by atoms with Crippen LogP contribution in [0.15, 0.2) is 24.0 Å². The second kappa shape index (κ2) is 14.2. The second-order valence-corrected chi connectivity index (χ2v) is 12.9. The van der Waals surface area contributed by atoms with Crippen molar-refractivity contribution in [1.82, 2.24) is 30.1 Å². The average molecular weight is 669 g/mol. The predicted molar refractivity (Wildman–Crippen MR) is 164 cm³/mol. The van der Waals surface area contributed by atoms with Crippen LogP contribution < -0.4 is 20.9 Å². The molecule has 16 heteroatoms. The molecule has 5 N–H and O–H groups in total. The summed E-state index contributed by atoms with van der Waals surface area (Å²) >= 11 is 0. The lowest BCUT2D eigenvalue weighted by Crippen LogP contribution is -2.83. The Morgan fingerprint density at radius 1 is 1.23 bits per heavy atom. The number of anilines is 1. The highest BCUT2D eigenvalue weighted by Gasteiger charge is 2.45. The van der Waals surface area contributed by atoms with Gasteiger partial charge in [-0.1, -0.05) is 0 Å². The number of quaternary nitrogens is 1. The molecule has 0 aromatic carbocycles. The lowest BCUT2D eigenvalue weighted by molar-refractivity contribution is -0.597. The lowest BCUT2D eigenvalue weighted by atomic mass is 9.81. The van der Waals surface area contributed by atoms with Crippen LogP contribution in [0.4, 0.5) is 27.6 Å². The first-order chi connectivity index (χ1) is 22.3. The molecule has 2 amide bonds. The maximum absolute atomic E-state index is 14.1. The molecule has 2 saturated heterocycles. The summed E-state index contributed by atoms with van der Waals surface area (Å²) < 4.78 is 70.6. The molecule has 1 aliphatic carbocycles. The quantitative estimate of drug-likeness (QED) is 0.175. The number of aromatic nitrogens is 3. The van der Waals surface area contributed by atoms with Gasteiger partial charge in [-0.25, -0.2) is 18.3 Å². The summed E-state index contributed by atoms with van der Waals surface area (Å²) in [7, 11) is 2.00. The van der Waals surface area contributed by atoms with E-state index in [2.05, 4.69) is 20.4 Å². The molecule has 258 valence electrons. The van der Waals surface area contributed by atoms with Crippen molar-refractivity contribution in [1.29, 1.82) is 5.41 Å². The molecule has 0 spiro atoms. The average Bonchev–Trinajstić information content (AvgIpc) is 3.43. The number of carbonyl (C=O) groups is 2. The van der Waals surface area contributed by atoms with Gasteiger partial charge in [-0.2, -0.15) is 18.3 Å². The molecule has 3 fully saturated rings. The molecule has 4 heterocycles. The van der Waals surface area contributed by atoms with Gasteiger partial charge in [0.15, 0.2) is 11.3 Å². The van der Waals surface area contributed by atoms with Gasteiger partial charge in [0.05, 0.1) is 41.8 Å². The van der Waals surface area contributed by atoms with Crippen molar-refractivity contribution in [3.05, 3.63) is 35.4 Å². The van der Waals surface area contributed by atoms with Crippen LogP contribution in [0.3, 0.4) is 0 Å². The maximum atomic E-state index is 14.1. The molecule has 3 aliphatic rings. The maximum Gasteiger partial charge on any atom is 0.393 e. The Hall–Kier alpha value is -3.66. The van der Waals surface area contributed by atoms with E-state index in [-0.39, 0.29) is 50.1 Å². The summed E-state index contributed by atoms with van der Waals surface area (Å²) in [6, 6.07) is 1.07. The van der Waals surface area contributed by atoms with Crippen molar-refractivity contribution in [2.45, 2.75) is 63.6 Å². The van der Waals surface area contributed by atoms with E-state index in [0.717, 1.165) is 19.3 Å². The number of likely N-dealkylation sites (N-methyl/N-ethyl adjacent to an activating group) is 2. The van der Waals surface area contributed by atoms with E-state index in [1.54, 1.807) is 17.6 Å². The van der Waals surface area contributed by atoms with E-state index >= 15 is 0 Å². The number of nitrogens with zero attached hydrogens (tertiary/aromatic N) is 5. The van der Waals surface area contributed by atoms with Gasteiger partial charge >= 0.3 is 12.1 Å². The number of hydrogen-bond acceptors (Lipinski definition) is 7. The highest BCUT2D eigenvalue weighted by atomic mass is 19.4. The number of imidazole rings is 1. The summed E-state index contributed by atoms with van der Waals surface area (Å²) in [6.45, 7) is 4.75. The number of piperazine rings is 1. The van der Waals surface area contributed by atoms with E-state index in [1.807, 2.05) is 14.0 Å².